The Kier molecular flexibility index (Phi) is 6.01. The van der Waals surface area contributed by atoms with E-state index in [1.54, 1.807) is 19.1 Å². The van der Waals surface area contributed by atoms with Crippen molar-refractivity contribution in [2.24, 2.45) is 0 Å². The first kappa shape index (κ1) is 18.5. The highest BCUT2D eigenvalue weighted by atomic mass is 79.9. The van der Waals surface area contributed by atoms with Crippen molar-refractivity contribution in [2.45, 2.75) is 11.8 Å². The van der Waals surface area contributed by atoms with Crippen LogP contribution in [0.4, 0.5) is 0 Å². The van der Waals surface area contributed by atoms with Gasteiger partial charge in [-0.2, -0.15) is 0 Å². The Labute approximate surface area is 149 Å². The minimum atomic E-state index is -3.38. The van der Waals surface area contributed by atoms with Crippen molar-refractivity contribution in [3.05, 3.63) is 58.1 Å². The molecule has 0 aliphatic heterocycles. The maximum atomic E-state index is 12.1. The third-order valence-corrected chi connectivity index (χ3v) is 4.84. The molecule has 24 heavy (non-hydrogen) atoms. The molecule has 2 rings (SSSR count). The van der Waals surface area contributed by atoms with E-state index >= 15 is 0 Å². The van der Waals surface area contributed by atoms with Gasteiger partial charge in [0.15, 0.2) is 9.84 Å². The standard InChI is InChI=1S/C17H17BrO5S/c1-12-6-7-15(24(2,20)21)11-16(12)17(19)23-9-8-22-14-5-3-4-13(18)10-14/h3-7,10-11H,8-9H2,1-2H3. The summed E-state index contributed by atoms with van der Waals surface area (Å²) in [4.78, 5) is 12.2. The Balaban J connectivity index is 1.95. The van der Waals surface area contributed by atoms with E-state index in [-0.39, 0.29) is 23.7 Å². The van der Waals surface area contributed by atoms with E-state index in [1.165, 1.54) is 12.1 Å². The summed E-state index contributed by atoms with van der Waals surface area (Å²) in [5, 5.41) is 0. The molecule has 7 heteroatoms. The minimum Gasteiger partial charge on any atom is -0.490 e. The van der Waals surface area contributed by atoms with E-state index in [0.717, 1.165) is 10.7 Å². The molecule has 0 N–H and O–H groups in total. The first-order chi connectivity index (χ1) is 11.3. The van der Waals surface area contributed by atoms with E-state index in [1.807, 2.05) is 18.2 Å². The van der Waals surface area contributed by atoms with E-state index in [0.29, 0.717) is 11.3 Å². The molecular weight excluding hydrogens is 396 g/mol. The number of aryl methyl sites for hydroxylation is 1. The van der Waals surface area contributed by atoms with Gasteiger partial charge in [0.25, 0.3) is 0 Å². The van der Waals surface area contributed by atoms with Gasteiger partial charge in [-0.15, -0.1) is 0 Å². The van der Waals surface area contributed by atoms with Crippen molar-refractivity contribution >= 4 is 31.7 Å². The summed E-state index contributed by atoms with van der Waals surface area (Å²) in [5.74, 6) is 0.0894. The number of rotatable bonds is 6. The lowest BCUT2D eigenvalue weighted by Gasteiger charge is -2.10. The molecule has 5 nitrogen and oxygen atoms in total. The fourth-order valence-electron chi connectivity index (χ4n) is 1.98. The molecule has 0 spiro atoms. The van der Waals surface area contributed by atoms with Crippen molar-refractivity contribution in [3.63, 3.8) is 0 Å². The minimum absolute atomic E-state index is 0.0634. The number of carbonyl (C=O) groups excluding carboxylic acids is 1. The topological polar surface area (TPSA) is 69.7 Å². The lowest BCUT2D eigenvalue weighted by molar-refractivity contribution is 0.0449. The Morgan fingerprint density at radius 3 is 2.54 bits per heavy atom. The number of halogens is 1. The van der Waals surface area contributed by atoms with E-state index < -0.39 is 15.8 Å². The maximum absolute atomic E-state index is 12.1. The van der Waals surface area contributed by atoms with Gasteiger partial charge in [-0.3, -0.25) is 0 Å². The van der Waals surface area contributed by atoms with Gasteiger partial charge >= 0.3 is 5.97 Å². The number of benzene rings is 2. The van der Waals surface area contributed by atoms with Gasteiger partial charge in [-0.25, -0.2) is 13.2 Å². The van der Waals surface area contributed by atoms with Crippen LogP contribution in [0.25, 0.3) is 0 Å². The molecule has 0 heterocycles. The van der Waals surface area contributed by atoms with Crippen molar-refractivity contribution in [1.29, 1.82) is 0 Å². The van der Waals surface area contributed by atoms with E-state index in [9.17, 15) is 13.2 Å². The summed E-state index contributed by atoms with van der Waals surface area (Å²) < 4.78 is 34.7. The quantitative estimate of drug-likeness (QED) is 0.537. The molecule has 0 aliphatic rings. The Morgan fingerprint density at radius 1 is 1.12 bits per heavy atom. The van der Waals surface area contributed by atoms with Crippen LogP contribution in [0.1, 0.15) is 15.9 Å². The second kappa shape index (κ2) is 7.81. The molecule has 0 fully saturated rings. The second-order valence-corrected chi connectivity index (χ2v) is 8.12. The first-order valence-electron chi connectivity index (χ1n) is 7.13. The zero-order valence-corrected chi connectivity index (χ0v) is 15.7. The number of ether oxygens (including phenoxy) is 2. The third kappa shape index (κ3) is 5.07. The average Bonchev–Trinajstić information content (AvgIpc) is 2.50. The zero-order valence-electron chi connectivity index (χ0n) is 13.3. The SMILES string of the molecule is Cc1ccc(S(C)(=O)=O)cc1C(=O)OCCOc1cccc(Br)c1. The molecule has 0 amide bonds. The second-order valence-electron chi connectivity index (χ2n) is 5.19. The smallest absolute Gasteiger partial charge is 0.338 e. The maximum Gasteiger partial charge on any atom is 0.338 e. The van der Waals surface area contributed by atoms with Crippen molar-refractivity contribution in [2.75, 3.05) is 19.5 Å². The number of sulfone groups is 1. The normalized spacial score (nSPS) is 11.1. The van der Waals surface area contributed by atoms with Gasteiger partial charge in [0.1, 0.15) is 19.0 Å². The van der Waals surface area contributed by atoms with Crippen LogP contribution in [0, 0.1) is 6.92 Å². The predicted octanol–water partition coefficient (Wildman–Crippen LogP) is 3.40. The lowest BCUT2D eigenvalue weighted by Crippen LogP contribution is -2.14. The van der Waals surface area contributed by atoms with Crippen LogP contribution in [-0.2, 0) is 14.6 Å². The van der Waals surface area contributed by atoms with Gasteiger partial charge in [0, 0.05) is 10.7 Å². The van der Waals surface area contributed by atoms with Crippen LogP contribution in [0.15, 0.2) is 51.8 Å². The Hall–Kier alpha value is -1.86. The summed E-state index contributed by atoms with van der Waals surface area (Å²) >= 11 is 3.34. The Morgan fingerprint density at radius 2 is 1.88 bits per heavy atom. The molecule has 0 aliphatic carbocycles. The zero-order chi connectivity index (χ0) is 17.7. The van der Waals surface area contributed by atoms with Crippen LogP contribution in [-0.4, -0.2) is 33.9 Å². The highest BCUT2D eigenvalue weighted by Gasteiger charge is 2.15. The summed E-state index contributed by atoms with van der Waals surface area (Å²) in [6.07, 6.45) is 1.10. The summed E-state index contributed by atoms with van der Waals surface area (Å²) in [6, 6.07) is 11.7. The first-order valence-corrected chi connectivity index (χ1v) is 9.82. The molecule has 128 valence electrons. The van der Waals surface area contributed by atoms with Gasteiger partial charge in [-0.1, -0.05) is 28.1 Å². The van der Waals surface area contributed by atoms with Gasteiger partial charge in [-0.05, 0) is 42.8 Å². The summed E-state index contributed by atoms with van der Waals surface area (Å²) in [6.45, 7) is 1.99. The molecule has 0 radical (unpaired) electrons. The molecule has 0 bridgehead atoms. The number of carbonyl (C=O) groups is 1. The van der Waals surface area contributed by atoms with Crippen LogP contribution in [0.2, 0.25) is 0 Å². The van der Waals surface area contributed by atoms with E-state index in [2.05, 4.69) is 15.9 Å². The average molecular weight is 413 g/mol. The van der Waals surface area contributed by atoms with E-state index in [4.69, 9.17) is 9.47 Å². The fourth-order valence-corrected chi connectivity index (χ4v) is 3.01. The van der Waals surface area contributed by atoms with Crippen molar-refractivity contribution < 1.29 is 22.7 Å². The summed E-state index contributed by atoms with van der Waals surface area (Å²) in [7, 11) is -3.38. The van der Waals surface area contributed by atoms with Gasteiger partial charge in [0.05, 0.1) is 10.5 Å². The predicted molar refractivity (Wildman–Crippen MR) is 94.2 cm³/mol. The van der Waals surface area contributed by atoms with Gasteiger partial charge < -0.3 is 9.47 Å². The van der Waals surface area contributed by atoms with Crippen molar-refractivity contribution in [3.8, 4) is 5.75 Å². The molecule has 0 saturated carbocycles. The largest absolute Gasteiger partial charge is 0.490 e. The number of hydrogen-bond acceptors (Lipinski definition) is 5. The van der Waals surface area contributed by atoms with Crippen LogP contribution in [0.3, 0.4) is 0 Å². The lowest BCUT2D eigenvalue weighted by atomic mass is 10.1. The highest BCUT2D eigenvalue weighted by molar-refractivity contribution is 9.10. The molecule has 2 aromatic carbocycles. The number of esters is 1. The summed E-state index contributed by atoms with van der Waals surface area (Å²) in [5.41, 5.74) is 0.890. The number of hydrogen-bond donors (Lipinski definition) is 0. The molecule has 0 unspecified atom stereocenters. The third-order valence-electron chi connectivity index (χ3n) is 3.24. The molecule has 2 aromatic rings. The van der Waals surface area contributed by atoms with Crippen LogP contribution < -0.4 is 4.74 Å². The van der Waals surface area contributed by atoms with Crippen LogP contribution >= 0.6 is 15.9 Å². The fraction of sp³-hybridized carbons (Fsp3) is 0.235. The monoisotopic (exact) mass is 412 g/mol. The highest BCUT2D eigenvalue weighted by Crippen LogP contribution is 2.18. The molecule has 0 atom stereocenters. The molecule has 0 saturated heterocycles. The van der Waals surface area contributed by atoms with Crippen molar-refractivity contribution in [1.82, 2.24) is 0 Å². The molecule has 0 aromatic heterocycles. The van der Waals surface area contributed by atoms with Crippen LogP contribution in [0.5, 0.6) is 5.75 Å². The molecular formula is C17H17BrO5S. The Bertz CT molecular complexity index is 846. The van der Waals surface area contributed by atoms with Gasteiger partial charge in [0.2, 0.25) is 0 Å².